The van der Waals surface area contributed by atoms with Gasteiger partial charge < -0.3 is 0 Å². The maximum absolute atomic E-state index is 5.44. The average molecular weight is 637 g/mol. The lowest BCUT2D eigenvalue weighted by Gasteiger charge is -2.46. The van der Waals surface area contributed by atoms with Crippen molar-refractivity contribution in [2.75, 3.05) is 0 Å². The van der Waals surface area contributed by atoms with E-state index < -0.39 is 0 Å². The van der Waals surface area contributed by atoms with Crippen molar-refractivity contribution < 1.29 is 0 Å². The molecule has 0 radical (unpaired) electrons. The smallest absolute Gasteiger partial charge is 0.0890 e. The third-order valence-electron chi connectivity index (χ3n) is 16.3. The van der Waals surface area contributed by atoms with Gasteiger partial charge in [0.2, 0.25) is 0 Å². The second-order valence-electron chi connectivity index (χ2n) is 17.8. The van der Waals surface area contributed by atoms with Gasteiger partial charge in [0.25, 0.3) is 0 Å². The van der Waals surface area contributed by atoms with E-state index in [2.05, 4.69) is 54.6 Å². The first-order valence-electron chi connectivity index (χ1n) is 19.0. The maximum Gasteiger partial charge on any atom is 0.0890 e. The second kappa shape index (κ2) is 5.89. The van der Waals surface area contributed by atoms with E-state index in [1.54, 1.807) is 147 Å². The summed E-state index contributed by atoms with van der Waals surface area (Å²) >= 11 is 0. The van der Waals surface area contributed by atoms with Crippen LogP contribution >= 0.6 is 0 Å². The molecule has 2 nitrogen and oxygen atoms in total. The van der Waals surface area contributed by atoms with E-state index in [4.69, 9.17) is 9.97 Å². The van der Waals surface area contributed by atoms with Crippen LogP contribution in [0.1, 0.15) is 56.2 Å². The van der Waals surface area contributed by atoms with E-state index in [0.717, 1.165) is 43.1 Å². The lowest BCUT2D eigenvalue weighted by Crippen LogP contribution is -2.42. The number of para-hydroxylation sites is 2. The molecule has 2 heteroatoms. The fraction of sp³-hybridized carbons (Fsp3) is 0.143. The molecule has 0 N–H and O–H groups in total. The van der Waals surface area contributed by atoms with Crippen molar-refractivity contribution in [3.63, 3.8) is 0 Å². The van der Waals surface area contributed by atoms with Crippen LogP contribution in [-0.2, 0) is 37.5 Å². The molecule has 5 aliphatic carbocycles. The highest BCUT2D eigenvalue weighted by molar-refractivity contribution is 6.65. The summed E-state index contributed by atoms with van der Waals surface area (Å²) in [5, 5.41) is 35.1. The number of aromatic nitrogens is 2. The average Bonchev–Trinajstić information content (AvgIpc) is 3.96. The zero-order chi connectivity index (χ0) is 31.4. The van der Waals surface area contributed by atoms with Crippen molar-refractivity contribution in [2.45, 2.75) is 43.4 Å². The fourth-order valence-corrected chi connectivity index (χ4v) is 15.2. The normalized spacial score (nSPS) is 21.6. The molecule has 1 heterocycles. The number of benzene rings is 10. The van der Waals surface area contributed by atoms with Gasteiger partial charge in [0.1, 0.15) is 0 Å². The standard InChI is InChI=1S/C49H20N2/c1-2-4-25-24(3-1)50-26-12-23-22-11-20-9-17-7-18-6-15-5-16-8-19-10-21-13-49(23,14-27(26)51-25)48-34(21)39-33(19)38-29(16)28(15)36-32(18)37-30(17)31(20)40-35(22)47(48)46-44(39)42(38)41(36)43(37)45(40)46/h1-4,6-8,10-11,23H,5,9,12-14H2. The highest BCUT2D eigenvalue weighted by Gasteiger charge is 2.55. The van der Waals surface area contributed by atoms with Crippen molar-refractivity contribution in [1.82, 2.24) is 9.97 Å². The molecule has 1 spiro atoms. The van der Waals surface area contributed by atoms with E-state index in [1.807, 2.05) is 0 Å². The lowest BCUT2D eigenvalue weighted by molar-refractivity contribution is 0.320. The van der Waals surface area contributed by atoms with Crippen molar-refractivity contribution in [1.29, 1.82) is 0 Å². The Hall–Kier alpha value is -5.86. The van der Waals surface area contributed by atoms with Gasteiger partial charge in [0.15, 0.2) is 0 Å². The Balaban J connectivity index is 1.19. The molecule has 51 heavy (non-hydrogen) atoms. The van der Waals surface area contributed by atoms with E-state index in [1.165, 1.54) is 22.2 Å². The van der Waals surface area contributed by atoms with Crippen LogP contribution < -0.4 is 0 Å². The van der Waals surface area contributed by atoms with Gasteiger partial charge in [0.05, 0.1) is 22.4 Å². The Labute approximate surface area is 286 Å². The van der Waals surface area contributed by atoms with Crippen LogP contribution in [-0.4, -0.2) is 9.97 Å². The molecule has 0 aliphatic heterocycles. The van der Waals surface area contributed by atoms with Gasteiger partial charge in [-0.3, -0.25) is 0 Å². The van der Waals surface area contributed by atoms with Crippen LogP contribution in [0.2, 0.25) is 0 Å². The van der Waals surface area contributed by atoms with Crippen molar-refractivity contribution >= 4 is 130 Å². The number of nitrogens with zero attached hydrogens (tertiary/aromatic N) is 2. The first-order chi connectivity index (χ1) is 25.2. The summed E-state index contributed by atoms with van der Waals surface area (Å²) in [6.45, 7) is 0. The molecule has 2 unspecified atom stereocenters. The molecule has 5 aliphatic rings. The Kier molecular flexibility index (Phi) is 2.55. The highest BCUT2D eigenvalue weighted by atomic mass is 14.8. The Bertz CT molecular complexity index is 4130. The highest BCUT2D eigenvalue weighted by Crippen LogP contribution is 2.71. The zero-order valence-electron chi connectivity index (χ0n) is 27.2. The Morgan fingerprint density at radius 1 is 0.431 bits per heavy atom. The Morgan fingerprint density at radius 2 is 0.922 bits per heavy atom. The molecule has 13 aromatic carbocycles. The van der Waals surface area contributed by atoms with Gasteiger partial charge in [-0.15, -0.1) is 0 Å². The molecule has 14 aromatic rings. The molecule has 1 aromatic heterocycles. The molecule has 0 fully saturated rings. The number of fused-ring (bicyclic) bond motifs is 3. The fourth-order valence-electron chi connectivity index (χ4n) is 15.2. The number of hydrogen-bond acceptors (Lipinski definition) is 2. The largest absolute Gasteiger partial charge is 0.249 e. The van der Waals surface area contributed by atoms with Crippen LogP contribution in [0.25, 0.3) is 130 Å². The summed E-state index contributed by atoms with van der Waals surface area (Å²) in [6, 6.07) is 21.8. The number of rotatable bonds is 0. The molecule has 226 valence electrons. The predicted molar refractivity (Wildman–Crippen MR) is 209 cm³/mol. The summed E-state index contributed by atoms with van der Waals surface area (Å²) in [5.74, 6) is 0.392. The third-order valence-corrected chi connectivity index (χ3v) is 16.3. The van der Waals surface area contributed by atoms with Crippen molar-refractivity contribution in [3.05, 3.63) is 105 Å². The summed E-state index contributed by atoms with van der Waals surface area (Å²) in [7, 11) is 0. The molecule has 2 atom stereocenters. The first-order valence-corrected chi connectivity index (χ1v) is 19.0. The quantitative estimate of drug-likeness (QED) is 0.155. The predicted octanol–water partition coefficient (Wildman–Crippen LogP) is 11.3. The van der Waals surface area contributed by atoms with Crippen LogP contribution in [0.4, 0.5) is 0 Å². The topological polar surface area (TPSA) is 25.8 Å². The van der Waals surface area contributed by atoms with Gasteiger partial charge >= 0.3 is 0 Å². The van der Waals surface area contributed by atoms with Gasteiger partial charge in [0, 0.05) is 17.8 Å². The van der Waals surface area contributed by atoms with Gasteiger partial charge in [-0.05, 0) is 195 Å². The minimum absolute atomic E-state index is 0.00599. The molecule has 0 saturated carbocycles. The zero-order valence-corrected chi connectivity index (χ0v) is 27.2. The van der Waals surface area contributed by atoms with E-state index in [9.17, 15) is 0 Å². The van der Waals surface area contributed by atoms with Crippen LogP contribution in [0, 0.1) is 0 Å². The summed E-state index contributed by atoms with van der Waals surface area (Å²) in [6.07, 6.45) is 5.18. The van der Waals surface area contributed by atoms with Gasteiger partial charge in [-0.2, -0.15) is 0 Å². The van der Waals surface area contributed by atoms with E-state index in [-0.39, 0.29) is 5.41 Å². The minimum Gasteiger partial charge on any atom is -0.249 e. The van der Waals surface area contributed by atoms with Crippen LogP contribution in [0.15, 0.2) is 54.6 Å². The number of hydrogen-bond donors (Lipinski definition) is 0. The summed E-state index contributed by atoms with van der Waals surface area (Å²) < 4.78 is 0. The lowest BCUT2D eigenvalue weighted by atomic mass is 9.57. The van der Waals surface area contributed by atoms with Crippen LogP contribution in [0.3, 0.4) is 0 Å². The van der Waals surface area contributed by atoms with Gasteiger partial charge in [-0.1, -0.05) is 42.5 Å². The Morgan fingerprint density at radius 3 is 1.55 bits per heavy atom. The summed E-state index contributed by atoms with van der Waals surface area (Å²) in [5.41, 5.74) is 15.7. The molecule has 0 saturated heterocycles. The van der Waals surface area contributed by atoms with Crippen molar-refractivity contribution in [2.24, 2.45) is 0 Å². The van der Waals surface area contributed by atoms with E-state index >= 15 is 0 Å². The monoisotopic (exact) mass is 636 g/mol. The molecular formula is C49H20N2. The molecular weight excluding hydrogens is 617 g/mol. The molecule has 0 bridgehead atoms. The summed E-state index contributed by atoms with van der Waals surface area (Å²) in [4.78, 5) is 10.8. The minimum atomic E-state index is -0.00599. The second-order valence-corrected chi connectivity index (χ2v) is 17.8. The van der Waals surface area contributed by atoms with E-state index in [0.29, 0.717) is 5.92 Å². The van der Waals surface area contributed by atoms with Crippen molar-refractivity contribution in [3.8, 4) is 0 Å². The van der Waals surface area contributed by atoms with Gasteiger partial charge in [-0.25, -0.2) is 9.97 Å². The molecule has 19 rings (SSSR count). The third kappa shape index (κ3) is 1.69. The SMILES string of the molecule is c1ccc2nc3c(nc2c1)CC1c2cc4c5c6c(cc7cc8c9c%10c(cc%11cc%12c%13c(c%14c2c5c2c%14c5c%13c%11c%10c5c5c9c7c6c25)C1(C3)C%12)C8)C4. The van der Waals surface area contributed by atoms with Crippen LogP contribution in [0.5, 0.6) is 0 Å². The maximum atomic E-state index is 5.44. The first kappa shape index (κ1) is 22.1. The molecule has 0 amide bonds.